The summed E-state index contributed by atoms with van der Waals surface area (Å²) in [5.41, 5.74) is 0. The van der Waals surface area contributed by atoms with E-state index in [1.165, 1.54) is 19.5 Å². The molecule has 0 N–H and O–H groups in total. The summed E-state index contributed by atoms with van der Waals surface area (Å²) >= 11 is 0. The predicted molar refractivity (Wildman–Crippen MR) is 41.2 cm³/mol. The van der Waals surface area contributed by atoms with E-state index in [1.54, 1.807) is 17.1 Å². The lowest BCUT2D eigenvalue weighted by Crippen LogP contribution is -1.98. The molecule has 1 rings (SSSR count). The lowest BCUT2D eigenvalue weighted by atomic mass is 10.5. The summed E-state index contributed by atoms with van der Waals surface area (Å²) in [6, 6.07) is 0. The zero-order chi connectivity index (χ0) is 8.81. The lowest BCUT2D eigenvalue weighted by molar-refractivity contribution is -0.134. The van der Waals surface area contributed by atoms with Crippen molar-refractivity contribution in [1.82, 2.24) is 14.8 Å². The summed E-state index contributed by atoms with van der Waals surface area (Å²) in [5, 5.41) is 3.84. The van der Waals surface area contributed by atoms with Crippen LogP contribution >= 0.6 is 0 Å². The number of aromatic nitrogens is 3. The fraction of sp³-hybridized carbons (Fsp3) is 0.286. The molecule has 0 bridgehead atoms. The fourth-order valence-electron chi connectivity index (χ4n) is 0.652. The van der Waals surface area contributed by atoms with E-state index in [-0.39, 0.29) is 5.97 Å². The Morgan fingerprint density at radius 2 is 2.58 bits per heavy atom. The molecule has 0 spiro atoms. The molecule has 1 aromatic heterocycles. The van der Waals surface area contributed by atoms with Gasteiger partial charge in [-0.3, -0.25) is 0 Å². The monoisotopic (exact) mass is 167 g/mol. The molecule has 0 saturated heterocycles. The van der Waals surface area contributed by atoms with Gasteiger partial charge in [-0.1, -0.05) is 6.08 Å². The van der Waals surface area contributed by atoms with Crippen molar-refractivity contribution in [3.05, 3.63) is 24.8 Å². The molecule has 5 nitrogen and oxygen atoms in total. The van der Waals surface area contributed by atoms with E-state index in [0.717, 1.165) is 0 Å². The molecule has 1 heterocycles. The highest BCUT2D eigenvalue weighted by atomic mass is 16.5. The molecule has 0 unspecified atom stereocenters. The zero-order valence-corrected chi connectivity index (χ0v) is 6.67. The summed E-state index contributed by atoms with van der Waals surface area (Å²) in [7, 11) is 1.34. The number of nitrogens with zero attached hydrogens (tertiary/aromatic N) is 3. The van der Waals surface area contributed by atoms with Crippen LogP contribution in [0.5, 0.6) is 0 Å². The first-order valence-electron chi connectivity index (χ1n) is 3.40. The van der Waals surface area contributed by atoms with Gasteiger partial charge < -0.3 is 4.74 Å². The van der Waals surface area contributed by atoms with Crippen LogP contribution in [0, 0.1) is 0 Å². The van der Waals surface area contributed by atoms with Crippen molar-refractivity contribution in [3.8, 4) is 0 Å². The standard InChI is InChI=1S/C7H9N3O2/c1-12-7(11)3-2-4-10-6-8-5-9-10/h2-3,5-6H,4H2,1H3/b3-2+. The minimum absolute atomic E-state index is 0.366. The summed E-state index contributed by atoms with van der Waals surface area (Å²) in [5.74, 6) is -0.366. The van der Waals surface area contributed by atoms with Gasteiger partial charge in [0, 0.05) is 6.08 Å². The Balaban J connectivity index is 2.35. The van der Waals surface area contributed by atoms with Crippen molar-refractivity contribution in [2.24, 2.45) is 0 Å². The highest BCUT2D eigenvalue weighted by Gasteiger charge is 1.90. The first-order chi connectivity index (χ1) is 5.83. The van der Waals surface area contributed by atoms with Gasteiger partial charge >= 0.3 is 5.97 Å². The fourth-order valence-corrected chi connectivity index (χ4v) is 0.652. The van der Waals surface area contributed by atoms with Crippen LogP contribution in [0.4, 0.5) is 0 Å². The first kappa shape index (κ1) is 8.45. The normalized spacial score (nSPS) is 10.4. The molecule has 12 heavy (non-hydrogen) atoms. The quantitative estimate of drug-likeness (QED) is 0.470. The number of ether oxygens (including phenoxy) is 1. The first-order valence-corrected chi connectivity index (χ1v) is 3.40. The Kier molecular flexibility index (Phi) is 3.01. The Labute approximate surface area is 69.7 Å². The summed E-state index contributed by atoms with van der Waals surface area (Å²) in [6.07, 6.45) is 6.01. The van der Waals surface area contributed by atoms with E-state index in [1.807, 2.05) is 0 Å². The maximum absolute atomic E-state index is 10.6. The van der Waals surface area contributed by atoms with Gasteiger partial charge in [0.2, 0.25) is 0 Å². The number of hydrogen-bond acceptors (Lipinski definition) is 4. The molecule has 0 amide bonds. The number of carbonyl (C=O) groups excluding carboxylic acids is 1. The summed E-state index contributed by atoms with van der Waals surface area (Å²) in [6.45, 7) is 0.523. The lowest BCUT2D eigenvalue weighted by Gasteiger charge is -1.91. The molecular weight excluding hydrogens is 158 g/mol. The molecule has 0 fully saturated rings. The van der Waals surface area contributed by atoms with E-state index in [2.05, 4.69) is 14.8 Å². The van der Waals surface area contributed by atoms with Gasteiger partial charge in [-0.2, -0.15) is 5.10 Å². The van der Waals surface area contributed by atoms with Crippen LogP contribution in [-0.2, 0) is 16.1 Å². The van der Waals surface area contributed by atoms with Crippen LogP contribution in [0.2, 0.25) is 0 Å². The molecule has 0 aromatic carbocycles. The molecule has 0 aliphatic rings. The van der Waals surface area contributed by atoms with E-state index in [9.17, 15) is 4.79 Å². The van der Waals surface area contributed by atoms with Crippen molar-refractivity contribution < 1.29 is 9.53 Å². The van der Waals surface area contributed by atoms with Gasteiger partial charge in [0.15, 0.2) is 0 Å². The van der Waals surface area contributed by atoms with Crippen molar-refractivity contribution in [2.75, 3.05) is 7.11 Å². The molecule has 0 aliphatic heterocycles. The largest absolute Gasteiger partial charge is 0.466 e. The highest BCUT2D eigenvalue weighted by Crippen LogP contribution is 1.83. The van der Waals surface area contributed by atoms with Crippen LogP contribution in [-0.4, -0.2) is 27.8 Å². The number of hydrogen-bond donors (Lipinski definition) is 0. The third-order valence-corrected chi connectivity index (χ3v) is 1.21. The number of rotatable bonds is 3. The van der Waals surface area contributed by atoms with Crippen LogP contribution < -0.4 is 0 Å². The van der Waals surface area contributed by atoms with E-state index >= 15 is 0 Å². The molecule has 64 valence electrons. The second kappa shape index (κ2) is 4.27. The number of esters is 1. The summed E-state index contributed by atoms with van der Waals surface area (Å²) < 4.78 is 6.00. The van der Waals surface area contributed by atoms with Gasteiger partial charge in [-0.05, 0) is 0 Å². The Morgan fingerprint density at radius 1 is 1.75 bits per heavy atom. The van der Waals surface area contributed by atoms with Crippen molar-refractivity contribution >= 4 is 5.97 Å². The molecule has 0 saturated carbocycles. The number of allylic oxidation sites excluding steroid dienone is 1. The van der Waals surface area contributed by atoms with Crippen LogP contribution in [0.1, 0.15) is 0 Å². The predicted octanol–water partition coefficient (Wildman–Crippen LogP) is 0.00730. The van der Waals surface area contributed by atoms with Gasteiger partial charge in [0.25, 0.3) is 0 Å². The molecular formula is C7H9N3O2. The second-order valence-electron chi connectivity index (χ2n) is 2.04. The minimum Gasteiger partial charge on any atom is -0.466 e. The second-order valence-corrected chi connectivity index (χ2v) is 2.04. The minimum atomic E-state index is -0.366. The van der Waals surface area contributed by atoms with Crippen LogP contribution in [0.25, 0.3) is 0 Å². The zero-order valence-electron chi connectivity index (χ0n) is 6.67. The van der Waals surface area contributed by atoms with Crippen molar-refractivity contribution in [1.29, 1.82) is 0 Å². The maximum Gasteiger partial charge on any atom is 0.330 e. The molecule has 0 radical (unpaired) electrons. The van der Waals surface area contributed by atoms with E-state index in [0.29, 0.717) is 6.54 Å². The van der Waals surface area contributed by atoms with Gasteiger partial charge in [-0.25, -0.2) is 14.5 Å². The van der Waals surface area contributed by atoms with Gasteiger partial charge in [0.1, 0.15) is 12.7 Å². The molecule has 1 aromatic rings. The highest BCUT2D eigenvalue weighted by molar-refractivity contribution is 5.81. The number of methoxy groups -OCH3 is 1. The van der Waals surface area contributed by atoms with Crippen molar-refractivity contribution in [2.45, 2.75) is 6.54 Å². The Bertz CT molecular complexity index is 266. The van der Waals surface area contributed by atoms with Crippen LogP contribution in [0.15, 0.2) is 24.8 Å². The molecule has 0 atom stereocenters. The van der Waals surface area contributed by atoms with Gasteiger partial charge in [0.05, 0.1) is 13.7 Å². The number of carbonyl (C=O) groups is 1. The maximum atomic E-state index is 10.6. The van der Waals surface area contributed by atoms with Crippen molar-refractivity contribution in [3.63, 3.8) is 0 Å². The molecule has 0 aliphatic carbocycles. The smallest absolute Gasteiger partial charge is 0.330 e. The van der Waals surface area contributed by atoms with Gasteiger partial charge in [-0.15, -0.1) is 0 Å². The Morgan fingerprint density at radius 3 is 3.17 bits per heavy atom. The average molecular weight is 167 g/mol. The SMILES string of the molecule is COC(=O)/C=C/Cn1cncn1. The van der Waals surface area contributed by atoms with E-state index < -0.39 is 0 Å². The Hall–Kier alpha value is -1.65. The topological polar surface area (TPSA) is 57.0 Å². The van der Waals surface area contributed by atoms with Crippen LogP contribution in [0.3, 0.4) is 0 Å². The van der Waals surface area contributed by atoms with E-state index in [4.69, 9.17) is 0 Å². The third kappa shape index (κ3) is 2.53. The average Bonchev–Trinajstić information content (AvgIpc) is 2.57. The summed E-state index contributed by atoms with van der Waals surface area (Å²) in [4.78, 5) is 14.3. The third-order valence-electron chi connectivity index (χ3n) is 1.21. The molecule has 5 heteroatoms.